The molecule has 0 amide bonds. The van der Waals surface area contributed by atoms with Gasteiger partial charge in [-0.1, -0.05) is 23.7 Å². The van der Waals surface area contributed by atoms with E-state index < -0.39 is 0 Å². The number of fused-ring (bicyclic) bond motifs is 1. The Balaban J connectivity index is 2.13. The van der Waals surface area contributed by atoms with Crippen molar-refractivity contribution in [2.45, 2.75) is 12.8 Å². The number of nitrogens with one attached hydrogen (secondary N) is 1. The normalized spacial score (nSPS) is 14.3. The van der Waals surface area contributed by atoms with Gasteiger partial charge in [-0.2, -0.15) is 5.10 Å². The minimum Gasteiger partial charge on any atom is -0.382 e. The van der Waals surface area contributed by atoms with Gasteiger partial charge in [0.05, 0.1) is 28.3 Å². The van der Waals surface area contributed by atoms with Crippen LogP contribution in [0.15, 0.2) is 30.5 Å². The molecule has 2 heterocycles. The first-order valence-electron chi connectivity index (χ1n) is 5.42. The SMILES string of the molecule is Clc1ccccc1-n1ncc2c1CCCN2. The third kappa shape index (κ3) is 1.48. The van der Waals surface area contributed by atoms with Crippen LogP contribution in [0.25, 0.3) is 5.69 Å². The van der Waals surface area contributed by atoms with Gasteiger partial charge in [-0.3, -0.25) is 0 Å². The Labute approximate surface area is 99.0 Å². The second kappa shape index (κ2) is 3.83. The zero-order valence-corrected chi connectivity index (χ0v) is 9.54. The van der Waals surface area contributed by atoms with Crippen LogP contribution in [0.1, 0.15) is 12.1 Å². The van der Waals surface area contributed by atoms with Crippen LogP contribution in [0.5, 0.6) is 0 Å². The quantitative estimate of drug-likeness (QED) is 0.821. The van der Waals surface area contributed by atoms with E-state index in [1.54, 1.807) is 0 Å². The van der Waals surface area contributed by atoms with Gasteiger partial charge in [-0.25, -0.2) is 4.68 Å². The number of rotatable bonds is 1. The molecule has 0 fully saturated rings. The zero-order valence-electron chi connectivity index (χ0n) is 8.78. The Bertz CT molecular complexity index is 519. The highest BCUT2D eigenvalue weighted by atomic mass is 35.5. The van der Waals surface area contributed by atoms with Crippen molar-refractivity contribution in [1.82, 2.24) is 9.78 Å². The number of hydrogen-bond donors (Lipinski definition) is 1. The molecular weight excluding hydrogens is 222 g/mol. The van der Waals surface area contributed by atoms with Crippen molar-refractivity contribution in [2.24, 2.45) is 0 Å². The number of benzene rings is 1. The van der Waals surface area contributed by atoms with Gasteiger partial charge < -0.3 is 5.32 Å². The van der Waals surface area contributed by atoms with Gasteiger partial charge in [0.1, 0.15) is 0 Å². The molecule has 1 aromatic carbocycles. The summed E-state index contributed by atoms with van der Waals surface area (Å²) in [5, 5.41) is 8.48. The molecule has 0 spiro atoms. The molecule has 0 saturated heterocycles. The second-order valence-corrected chi connectivity index (χ2v) is 4.31. The maximum absolute atomic E-state index is 6.18. The van der Waals surface area contributed by atoms with Crippen LogP contribution in [0.2, 0.25) is 5.02 Å². The molecular formula is C12H12ClN3. The summed E-state index contributed by atoms with van der Waals surface area (Å²) in [6, 6.07) is 7.79. The second-order valence-electron chi connectivity index (χ2n) is 3.90. The number of para-hydroxylation sites is 1. The van der Waals surface area contributed by atoms with Crippen molar-refractivity contribution in [2.75, 3.05) is 11.9 Å². The monoisotopic (exact) mass is 233 g/mol. The molecule has 1 aromatic heterocycles. The van der Waals surface area contributed by atoms with Crippen LogP contribution >= 0.6 is 11.6 Å². The molecule has 0 saturated carbocycles. The third-order valence-corrected chi connectivity index (χ3v) is 3.17. The van der Waals surface area contributed by atoms with E-state index in [0.29, 0.717) is 0 Å². The molecule has 0 atom stereocenters. The van der Waals surface area contributed by atoms with E-state index in [0.717, 1.165) is 35.8 Å². The van der Waals surface area contributed by atoms with Crippen molar-refractivity contribution in [1.29, 1.82) is 0 Å². The molecule has 4 heteroatoms. The molecule has 3 rings (SSSR count). The number of nitrogens with zero attached hydrogens (tertiary/aromatic N) is 2. The van der Waals surface area contributed by atoms with Crippen LogP contribution in [0.3, 0.4) is 0 Å². The summed E-state index contributed by atoms with van der Waals surface area (Å²) in [6.45, 7) is 1.03. The molecule has 16 heavy (non-hydrogen) atoms. The summed E-state index contributed by atoms with van der Waals surface area (Å²) in [5.41, 5.74) is 3.31. The van der Waals surface area contributed by atoms with Gasteiger partial charge in [0.25, 0.3) is 0 Å². The van der Waals surface area contributed by atoms with E-state index in [4.69, 9.17) is 11.6 Å². The summed E-state index contributed by atoms with van der Waals surface area (Å²) in [7, 11) is 0. The van der Waals surface area contributed by atoms with Crippen LogP contribution in [-0.4, -0.2) is 16.3 Å². The van der Waals surface area contributed by atoms with Crippen molar-refractivity contribution >= 4 is 17.3 Å². The molecule has 0 radical (unpaired) electrons. The number of hydrogen-bond acceptors (Lipinski definition) is 2. The fraction of sp³-hybridized carbons (Fsp3) is 0.250. The predicted molar refractivity (Wildman–Crippen MR) is 65.4 cm³/mol. The molecule has 1 N–H and O–H groups in total. The predicted octanol–water partition coefficient (Wildman–Crippen LogP) is 2.88. The average molecular weight is 234 g/mol. The Morgan fingerprint density at radius 1 is 1.31 bits per heavy atom. The topological polar surface area (TPSA) is 29.9 Å². The molecule has 0 bridgehead atoms. The van der Waals surface area contributed by atoms with Gasteiger partial charge in [-0.15, -0.1) is 0 Å². The minimum atomic E-state index is 0.735. The lowest BCUT2D eigenvalue weighted by Crippen LogP contribution is -2.13. The molecule has 2 aromatic rings. The Morgan fingerprint density at radius 2 is 2.19 bits per heavy atom. The van der Waals surface area contributed by atoms with Gasteiger partial charge in [0.15, 0.2) is 0 Å². The summed E-state index contributed by atoms with van der Waals surface area (Å²) < 4.78 is 1.93. The lowest BCUT2D eigenvalue weighted by atomic mass is 10.1. The fourth-order valence-electron chi connectivity index (χ4n) is 2.07. The van der Waals surface area contributed by atoms with E-state index in [1.807, 2.05) is 35.1 Å². The fourth-order valence-corrected chi connectivity index (χ4v) is 2.29. The molecule has 0 aliphatic carbocycles. The third-order valence-electron chi connectivity index (χ3n) is 2.86. The van der Waals surface area contributed by atoms with Crippen molar-refractivity contribution < 1.29 is 0 Å². The van der Waals surface area contributed by atoms with Crippen LogP contribution in [-0.2, 0) is 6.42 Å². The smallest absolute Gasteiger partial charge is 0.0835 e. The van der Waals surface area contributed by atoms with Crippen LogP contribution in [0.4, 0.5) is 5.69 Å². The first-order chi connectivity index (χ1) is 7.86. The largest absolute Gasteiger partial charge is 0.382 e. The first kappa shape index (κ1) is 9.73. The Kier molecular flexibility index (Phi) is 2.33. The summed E-state index contributed by atoms with van der Waals surface area (Å²) in [5.74, 6) is 0. The molecule has 1 aliphatic heterocycles. The Hall–Kier alpha value is -1.48. The van der Waals surface area contributed by atoms with Gasteiger partial charge in [-0.05, 0) is 25.0 Å². The lowest BCUT2D eigenvalue weighted by Gasteiger charge is -2.16. The maximum atomic E-state index is 6.18. The average Bonchev–Trinajstić information content (AvgIpc) is 2.74. The van der Waals surface area contributed by atoms with Crippen LogP contribution < -0.4 is 5.32 Å². The first-order valence-corrected chi connectivity index (χ1v) is 5.80. The maximum Gasteiger partial charge on any atom is 0.0835 e. The molecule has 1 aliphatic rings. The molecule has 3 nitrogen and oxygen atoms in total. The molecule has 82 valence electrons. The molecule has 0 unspecified atom stereocenters. The van der Waals surface area contributed by atoms with Crippen LogP contribution in [0, 0.1) is 0 Å². The van der Waals surface area contributed by atoms with Gasteiger partial charge in [0, 0.05) is 6.54 Å². The van der Waals surface area contributed by atoms with Crippen molar-refractivity contribution in [3.05, 3.63) is 41.2 Å². The summed E-state index contributed by atoms with van der Waals surface area (Å²) >= 11 is 6.18. The van der Waals surface area contributed by atoms with E-state index in [-0.39, 0.29) is 0 Å². The highest BCUT2D eigenvalue weighted by Gasteiger charge is 2.16. The Morgan fingerprint density at radius 3 is 3.06 bits per heavy atom. The van der Waals surface area contributed by atoms with Gasteiger partial charge >= 0.3 is 0 Å². The summed E-state index contributed by atoms with van der Waals surface area (Å²) in [4.78, 5) is 0. The number of aromatic nitrogens is 2. The van der Waals surface area contributed by atoms with Crippen molar-refractivity contribution in [3.8, 4) is 5.69 Å². The summed E-state index contributed by atoms with van der Waals surface area (Å²) in [6.07, 6.45) is 4.06. The minimum absolute atomic E-state index is 0.735. The highest BCUT2D eigenvalue weighted by Crippen LogP contribution is 2.27. The van der Waals surface area contributed by atoms with E-state index in [1.165, 1.54) is 5.69 Å². The lowest BCUT2D eigenvalue weighted by molar-refractivity contribution is 0.743. The van der Waals surface area contributed by atoms with E-state index in [9.17, 15) is 0 Å². The van der Waals surface area contributed by atoms with Gasteiger partial charge in [0.2, 0.25) is 0 Å². The number of halogens is 1. The number of anilines is 1. The zero-order chi connectivity index (χ0) is 11.0. The highest BCUT2D eigenvalue weighted by molar-refractivity contribution is 6.32. The van der Waals surface area contributed by atoms with Crippen molar-refractivity contribution in [3.63, 3.8) is 0 Å². The van der Waals surface area contributed by atoms with E-state index >= 15 is 0 Å². The standard InChI is InChI=1S/C12H12ClN3/c13-9-4-1-2-5-11(9)16-12-6-3-7-14-10(12)8-15-16/h1-2,4-5,8,14H,3,6-7H2. The van der Waals surface area contributed by atoms with E-state index in [2.05, 4.69) is 10.4 Å².